The number of rotatable bonds is 4. The van der Waals surface area contributed by atoms with E-state index in [1.165, 1.54) is 70.9 Å². The van der Waals surface area contributed by atoms with Crippen LogP contribution >= 0.6 is 0 Å². The standard InChI is InChI=1S/C58H34O2/c1-2-15-35(16-3-1)54-40-18-4-6-20-42(40)55(43-21-7-5-19-41(43)54)36-30-32-51-49(33-36)58-48(26-14-28-52(58)59-51)57-46-24-10-8-22-44(46)56(45-23-9-11-25-47(45)57)37-29-31-39-38-17-12-13-27-50(38)60-53(39)34-37/h1-34H. The van der Waals surface area contributed by atoms with Crippen LogP contribution in [0.2, 0.25) is 0 Å². The molecule has 0 bridgehead atoms. The van der Waals surface area contributed by atoms with Crippen LogP contribution in [0.25, 0.3) is 131 Å². The van der Waals surface area contributed by atoms with E-state index in [1.807, 2.05) is 12.1 Å². The van der Waals surface area contributed by atoms with Crippen molar-refractivity contribution in [2.24, 2.45) is 0 Å². The molecule has 13 rings (SSSR count). The van der Waals surface area contributed by atoms with E-state index in [9.17, 15) is 0 Å². The third-order valence-corrected chi connectivity index (χ3v) is 12.6. The highest BCUT2D eigenvalue weighted by atomic mass is 16.3. The molecule has 0 aliphatic rings. The second-order valence-electron chi connectivity index (χ2n) is 15.8. The molecule has 13 aromatic rings. The molecular formula is C58H34O2. The SMILES string of the molecule is c1ccc(-c2c3ccccc3c(-c3ccc4oc5cccc(-c6c7ccccc7c(-c7ccc8c(c7)oc7ccccc78)c7ccccc67)c5c4c3)c3ccccc23)cc1. The van der Waals surface area contributed by atoms with Crippen LogP contribution in [0, 0.1) is 0 Å². The van der Waals surface area contributed by atoms with Crippen molar-refractivity contribution >= 4 is 87.0 Å². The van der Waals surface area contributed by atoms with Gasteiger partial charge in [-0.1, -0.05) is 170 Å². The van der Waals surface area contributed by atoms with Crippen LogP contribution in [-0.4, -0.2) is 0 Å². The topological polar surface area (TPSA) is 26.3 Å². The molecule has 0 fully saturated rings. The third-order valence-electron chi connectivity index (χ3n) is 12.6. The van der Waals surface area contributed by atoms with Crippen LogP contribution in [0.1, 0.15) is 0 Å². The van der Waals surface area contributed by atoms with Crippen molar-refractivity contribution < 1.29 is 8.83 Å². The van der Waals surface area contributed by atoms with Gasteiger partial charge in [0.15, 0.2) is 0 Å². The Morgan fingerprint density at radius 3 is 1.23 bits per heavy atom. The van der Waals surface area contributed by atoms with Gasteiger partial charge in [0.25, 0.3) is 0 Å². The van der Waals surface area contributed by atoms with Gasteiger partial charge in [-0.05, 0) is 124 Å². The highest BCUT2D eigenvalue weighted by molar-refractivity contribution is 6.27. The van der Waals surface area contributed by atoms with Gasteiger partial charge in [-0.15, -0.1) is 0 Å². The van der Waals surface area contributed by atoms with Crippen LogP contribution in [0.5, 0.6) is 0 Å². The highest BCUT2D eigenvalue weighted by Gasteiger charge is 2.22. The molecule has 2 heterocycles. The normalized spacial score (nSPS) is 12.0. The summed E-state index contributed by atoms with van der Waals surface area (Å²) in [4.78, 5) is 0. The van der Waals surface area contributed by atoms with Crippen molar-refractivity contribution in [3.05, 3.63) is 206 Å². The lowest BCUT2D eigenvalue weighted by Crippen LogP contribution is -1.91. The predicted octanol–water partition coefficient (Wildman–Crippen LogP) is 16.8. The molecule has 0 N–H and O–H groups in total. The molecule has 278 valence electrons. The molecule has 0 aliphatic carbocycles. The molecule has 0 aliphatic heterocycles. The van der Waals surface area contributed by atoms with Crippen molar-refractivity contribution in [3.8, 4) is 44.5 Å². The molecule has 11 aromatic carbocycles. The summed E-state index contributed by atoms with van der Waals surface area (Å²) in [6.07, 6.45) is 0. The second kappa shape index (κ2) is 12.8. The summed E-state index contributed by atoms with van der Waals surface area (Å²) in [5.74, 6) is 0. The Balaban J connectivity index is 1.08. The number of benzene rings is 11. The van der Waals surface area contributed by atoms with Gasteiger partial charge < -0.3 is 8.83 Å². The summed E-state index contributed by atoms with van der Waals surface area (Å²) in [6, 6.07) is 74.5. The van der Waals surface area contributed by atoms with Gasteiger partial charge in [0.05, 0.1) is 0 Å². The third kappa shape index (κ3) is 4.76. The van der Waals surface area contributed by atoms with Crippen molar-refractivity contribution in [2.45, 2.75) is 0 Å². The molecule has 2 heteroatoms. The molecule has 0 spiro atoms. The molecule has 0 saturated carbocycles. The molecule has 0 unspecified atom stereocenters. The zero-order valence-electron chi connectivity index (χ0n) is 32.4. The lowest BCUT2D eigenvalue weighted by molar-refractivity contribution is 0.668. The summed E-state index contributed by atoms with van der Waals surface area (Å²) in [5, 5.41) is 14.2. The number of fused-ring (bicyclic) bond motifs is 10. The summed E-state index contributed by atoms with van der Waals surface area (Å²) in [7, 11) is 0. The van der Waals surface area contributed by atoms with E-state index < -0.39 is 0 Å². The van der Waals surface area contributed by atoms with Crippen LogP contribution in [-0.2, 0) is 0 Å². The first-order valence-corrected chi connectivity index (χ1v) is 20.6. The number of furan rings is 2. The maximum Gasteiger partial charge on any atom is 0.136 e. The number of para-hydroxylation sites is 1. The largest absolute Gasteiger partial charge is 0.456 e. The van der Waals surface area contributed by atoms with E-state index in [0.717, 1.165) is 60.6 Å². The Hall–Kier alpha value is -7.94. The zero-order valence-corrected chi connectivity index (χ0v) is 32.4. The van der Waals surface area contributed by atoms with E-state index in [2.05, 4.69) is 194 Å². The van der Waals surface area contributed by atoms with E-state index in [4.69, 9.17) is 8.83 Å². The minimum absolute atomic E-state index is 0.875. The molecule has 0 saturated heterocycles. The fourth-order valence-electron chi connectivity index (χ4n) is 10.2. The molecule has 2 nitrogen and oxygen atoms in total. The van der Waals surface area contributed by atoms with Crippen LogP contribution in [0.15, 0.2) is 215 Å². The summed E-state index contributed by atoms with van der Waals surface area (Å²) >= 11 is 0. The summed E-state index contributed by atoms with van der Waals surface area (Å²) in [6.45, 7) is 0. The molecule has 0 amide bonds. The van der Waals surface area contributed by atoms with Crippen molar-refractivity contribution in [1.82, 2.24) is 0 Å². The van der Waals surface area contributed by atoms with Gasteiger partial charge in [0.2, 0.25) is 0 Å². The zero-order chi connectivity index (χ0) is 39.3. The first-order chi connectivity index (χ1) is 29.8. The van der Waals surface area contributed by atoms with Gasteiger partial charge in [-0.25, -0.2) is 0 Å². The van der Waals surface area contributed by atoms with E-state index >= 15 is 0 Å². The Bertz CT molecular complexity index is 3770. The van der Waals surface area contributed by atoms with Gasteiger partial charge >= 0.3 is 0 Å². The van der Waals surface area contributed by atoms with Crippen LogP contribution in [0.3, 0.4) is 0 Å². The fraction of sp³-hybridized carbons (Fsp3) is 0. The predicted molar refractivity (Wildman–Crippen MR) is 253 cm³/mol. The summed E-state index contributed by atoms with van der Waals surface area (Å²) in [5.41, 5.74) is 13.1. The van der Waals surface area contributed by atoms with Gasteiger partial charge in [0.1, 0.15) is 22.3 Å². The maximum absolute atomic E-state index is 6.73. The fourth-order valence-corrected chi connectivity index (χ4v) is 10.2. The minimum Gasteiger partial charge on any atom is -0.456 e. The molecule has 0 radical (unpaired) electrons. The van der Waals surface area contributed by atoms with Crippen molar-refractivity contribution in [2.75, 3.05) is 0 Å². The molecule has 2 aromatic heterocycles. The number of hydrogen-bond acceptors (Lipinski definition) is 2. The Kier molecular flexibility index (Phi) is 7.05. The smallest absolute Gasteiger partial charge is 0.136 e. The van der Waals surface area contributed by atoms with Gasteiger partial charge in [-0.3, -0.25) is 0 Å². The summed E-state index contributed by atoms with van der Waals surface area (Å²) < 4.78 is 13.1. The average molecular weight is 763 g/mol. The Morgan fingerprint density at radius 2 is 0.633 bits per heavy atom. The monoisotopic (exact) mass is 762 g/mol. The maximum atomic E-state index is 6.73. The van der Waals surface area contributed by atoms with Crippen LogP contribution < -0.4 is 0 Å². The Morgan fingerprint density at radius 1 is 0.217 bits per heavy atom. The van der Waals surface area contributed by atoms with Crippen molar-refractivity contribution in [3.63, 3.8) is 0 Å². The van der Waals surface area contributed by atoms with Gasteiger partial charge in [-0.2, -0.15) is 0 Å². The van der Waals surface area contributed by atoms with Crippen LogP contribution in [0.4, 0.5) is 0 Å². The Labute approximate surface area is 345 Å². The highest BCUT2D eigenvalue weighted by Crippen LogP contribution is 2.49. The quantitative estimate of drug-likeness (QED) is 0.167. The minimum atomic E-state index is 0.875. The second-order valence-corrected chi connectivity index (χ2v) is 15.8. The van der Waals surface area contributed by atoms with E-state index in [0.29, 0.717) is 0 Å². The molecule has 60 heavy (non-hydrogen) atoms. The first-order valence-electron chi connectivity index (χ1n) is 20.6. The van der Waals surface area contributed by atoms with Gasteiger partial charge in [0, 0.05) is 21.5 Å². The van der Waals surface area contributed by atoms with E-state index in [-0.39, 0.29) is 0 Å². The lowest BCUT2D eigenvalue weighted by atomic mass is 9.84. The van der Waals surface area contributed by atoms with E-state index in [1.54, 1.807) is 0 Å². The number of hydrogen-bond donors (Lipinski definition) is 0. The molecular weight excluding hydrogens is 729 g/mol. The van der Waals surface area contributed by atoms with Crippen molar-refractivity contribution in [1.29, 1.82) is 0 Å². The first kappa shape index (κ1) is 33.1. The lowest BCUT2D eigenvalue weighted by Gasteiger charge is -2.18. The molecule has 0 atom stereocenters. The average Bonchev–Trinajstić information content (AvgIpc) is 3.88.